The molecule has 1 heteroatoms. The zero-order valence-corrected chi connectivity index (χ0v) is 9.39. The summed E-state index contributed by atoms with van der Waals surface area (Å²) in [5.74, 6) is 0. The smallest absolute Gasteiger partial charge is 0.0642 e. The Hall–Kier alpha value is -1.08. The fraction of sp³-hybridized carbons (Fsp3) is 0.385. The van der Waals surface area contributed by atoms with Crippen molar-refractivity contribution in [1.29, 1.82) is 0 Å². The SMILES string of the molecule is CC(=Cc1cc(C)c(C)cc1C)CO. The van der Waals surface area contributed by atoms with Crippen LogP contribution < -0.4 is 0 Å². The van der Waals surface area contributed by atoms with E-state index in [9.17, 15) is 0 Å². The van der Waals surface area contributed by atoms with Crippen LogP contribution in [0.25, 0.3) is 6.08 Å². The largest absolute Gasteiger partial charge is 0.392 e. The molecule has 0 unspecified atom stereocenters. The van der Waals surface area contributed by atoms with Crippen molar-refractivity contribution in [2.75, 3.05) is 6.61 Å². The van der Waals surface area contributed by atoms with Crippen molar-refractivity contribution >= 4 is 6.08 Å². The number of aliphatic hydroxyl groups is 1. The van der Waals surface area contributed by atoms with Gasteiger partial charge in [-0.25, -0.2) is 0 Å². The van der Waals surface area contributed by atoms with Gasteiger partial charge in [0.25, 0.3) is 0 Å². The number of aryl methyl sites for hydroxylation is 3. The van der Waals surface area contributed by atoms with Crippen molar-refractivity contribution in [3.63, 3.8) is 0 Å². The van der Waals surface area contributed by atoms with Gasteiger partial charge in [0.05, 0.1) is 6.61 Å². The summed E-state index contributed by atoms with van der Waals surface area (Å²) in [7, 11) is 0. The zero-order valence-electron chi connectivity index (χ0n) is 9.39. The molecule has 0 heterocycles. The first-order chi connectivity index (χ1) is 6.54. The van der Waals surface area contributed by atoms with Gasteiger partial charge in [-0.3, -0.25) is 0 Å². The van der Waals surface area contributed by atoms with E-state index in [1.807, 2.05) is 13.0 Å². The summed E-state index contributed by atoms with van der Waals surface area (Å²) in [4.78, 5) is 0. The van der Waals surface area contributed by atoms with Crippen LogP contribution in [0, 0.1) is 20.8 Å². The number of aliphatic hydroxyl groups excluding tert-OH is 1. The van der Waals surface area contributed by atoms with Crippen molar-refractivity contribution in [1.82, 2.24) is 0 Å². The van der Waals surface area contributed by atoms with E-state index >= 15 is 0 Å². The van der Waals surface area contributed by atoms with E-state index in [0.29, 0.717) is 0 Å². The Bertz CT molecular complexity index is 362. The molecule has 1 nitrogen and oxygen atoms in total. The molecule has 0 aliphatic carbocycles. The first-order valence-corrected chi connectivity index (χ1v) is 4.90. The molecular weight excluding hydrogens is 172 g/mol. The minimum absolute atomic E-state index is 0.131. The van der Waals surface area contributed by atoms with E-state index in [-0.39, 0.29) is 6.61 Å². The first kappa shape index (κ1) is 11.0. The molecule has 76 valence electrons. The van der Waals surface area contributed by atoms with Crippen molar-refractivity contribution in [2.24, 2.45) is 0 Å². The standard InChI is InChI=1S/C13H18O/c1-9(8-14)5-13-7-11(3)10(2)6-12(13)4/h5-7,14H,8H2,1-4H3. The van der Waals surface area contributed by atoms with E-state index in [4.69, 9.17) is 5.11 Å². The van der Waals surface area contributed by atoms with Crippen LogP contribution in [0.5, 0.6) is 0 Å². The minimum atomic E-state index is 0.131. The first-order valence-electron chi connectivity index (χ1n) is 4.90. The van der Waals surface area contributed by atoms with Gasteiger partial charge in [-0.15, -0.1) is 0 Å². The Kier molecular flexibility index (Phi) is 3.48. The lowest BCUT2D eigenvalue weighted by molar-refractivity contribution is 0.332. The predicted octanol–water partition coefficient (Wildman–Crippen LogP) is 3.01. The van der Waals surface area contributed by atoms with Crippen LogP contribution in [0.3, 0.4) is 0 Å². The van der Waals surface area contributed by atoms with E-state index < -0.39 is 0 Å². The molecule has 0 bridgehead atoms. The van der Waals surface area contributed by atoms with Gasteiger partial charge in [-0.05, 0) is 55.5 Å². The Morgan fingerprint density at radius 1 is 1.14 bits per heavy atom. The summed E-state index contributed by atoms with van der Waals surface area (Å²) in [5, 5.41) is 8.94. The van der Waals surface area contributed by atoms with Gasteiger partial charge in [-0.2, -0.15) is 0 Å². The van der Waals surface area contributed by atoms with Gasteiger partial charge in [-0.1, -0.05) is 18.2 Å². The lowest BCUT2D eigenvalue weighted by Crippen LogP contribution is -1.90. The fourth-order valence-corrected chi connectivity index (χ4v) is 1.45. The molecule has 0 aromatic heterocycles. The molecule has 0 atom stereocenters. The third kappa shape index (κ3) is 2.46. The molecule has 0 saturated carbocycles. The quantitative estimate of drug-likeness (QED) is 0.760. The Balaban J connectivity index is 3.16. The summed E-state index contributed by atoms with van der Waals surface area (Å²) in [6.07, 6.45) is 2.04. The minimum Gasteiger partial charge on any atom is -0.392 e. The highest BCUT2D eigenvalue weighted by Crippen LogP contribution is 2.17. The molecule has 1 rings (SSSR count). The van der Waals surface area contributed by atoms with E-state index in [2.05, 4.69) is 32.9 Å². The highest BCUT2D eigenvalue weighted by Gasteiger charge is 1.99. The Morgan fingerprint density at radius 2 is 1.71 bits per heavy atom. The summed E-state index contributed by atoms with van der Waals surface area (Å²) in [5.41, 5.74) is 6.09. The number of rotatable bonds is 2. The van der Waals surface area contributed by atoms with Crippen molar-refractivity contribution in [2.45, 2.75) is 27.7 Å². The molecule has 0 aliphatic rings. The van der Waals surface area contributed by atoms with E-state index in [1.165, 1.54) is 22.3 Å². The topological polar surface area (TPSA) is 20.2 Å². The molecule has 0 aliphatic heterocycles. The molecule has 1 aromatic carbocycles. The second-order valence-corrected chi connectivity index (χ2v) is 3.94. The third-order valence-electron chi connectivity index (χ3n) is 2.53. The average Bonchev–Trinajstić information content (AvgIpc) is 2.14. The summed E-state index contributed by atoms with van der Waals surface area (Å²) in [6.45, 7) is 8.40. The normalized spacial score (nSPS) is 11.9. The van der Waals surface area contributed by atoms with Crippen molar-refractivity contribution in [3.05, 3.63) is 40.0 Å². The van der Waals surface area contributed by atoms with E-state index in [0.717, 1.165) is 5.57 Å². The Labute approximate surface area is 86.1 Å². The average molecular weight is 190 g/mol. The molecule has 1 aromatic rings. The lowest BCUT2D eigenvalue weighted by atomic mass is 9.99. The molecule has 0 radical (unpaired) electrons. The maximum absolute atomic E-state index is 8.94. The predicted molar refractivity (Wildman–Crippen MR) is 61.4 cm³/mol. The number of hydrogen-bond acceptors (Lipinski definition) is 1. The monoisotopic (exact) mass is 190 g/mol. The van der Waals surface area contributed by atoms with Crippen molar-refractivity contribution < 1.29 is 5.11 Å². The van der Waals surface area contributed by atoms with Crippen LogP contribution >= 0.6 is 0 Å². The van der Waals surface area contributed by atoms with E-state index in [1.54, 1.807) is 0 Å². The number of benzene rings is 1. The van der Waals surface area contributed by atoms with Crippen LogP contribution in [0.15, 0.2) is 17.7 Å². The van der Waals surface area contributed by atoms with Gasteiger partial charge in [0, 0.05) is 0 Å². The third-order valence-corrected chi connectivity index (χ3v) is 2.53. The molecule has 0 spiro atoms. The highest BCUT2D eigenvalue weighted by atomic mass is 16.3. The zero-order chi connectivity index (χ0) is 10.7. The van der Waals surface area contributed by atoms with Gasteiger partial charge in [0.2, 0.25) is 0 Å². The summed E-state index contributed by atoms with van der Waals surface area (Å²) < 4.78 is 0. The van der Waals surface area contributed by atoms with Gasteiger partial charge < -0.3 is 5.11 Å². The molecule has 0 amide bonds. The molecular formula is C13H18O. The molecule has 0 saturated heterocycles. The fourth-order valence-electron chi connectivity index (χ4n) is 1.45. The van der Waals surface area contributed by atoms with Gasteiger partial charge in [0.15, 0.2) is 0 Å². The maximum atomic E-state index is 8.94. The van der Waals surface area contributed by atoms with Crippen LogP contribution in [0.2, 0.25) is 0 Å². The maximum Gasteiger partial charge on any atom is 0.0642 e. The Morgan fingerprint density at radius 3 is 2.29 bits per heavy atom. The highest BCUT2D eigenvalue weighted by molar-refractivity contribution is 5.58. The van der Waals surface area contributed by atoms with Gasteiger partial charge in [0.1, 0.15) is 0 Å². The second-order valence-electron chi connectivity index (χ2n) is 3.94. The lowest BCUT2D eigenvalue weighted by Gasteiger charge is -2.07. The number of hydrogen-bond donors (Lipinski definition) is 1. The van der Waals surface area contributed by atoms with Crippen LogP contribution in [-0.2, 0) is 0 Å². The van der Waals surface area contributed by atoms with Crippen LogP contribution in [0.4, 0.5) is 0 Å². The van der Waals surface area contributed by atoms with Crippen LogP contribution in [-0.4, -0.2) is 11.7 Å². The molecule has 0 fully saturated rings. The summed E-state index contributed by atoms with van der Waals surface area (Å²) in [6, 6.07) is 4.36. The second kappa shape index (κ2) is 4.43. The molecule has 14 heavy (non-hydrogen) atoms. The van der Waals surface area contributed by atoms with Crippen LogP contribution in [0.1, 0.15) is 29.2 Å². The van der Waals surface area contributed by atoms with Gasteiger partial charge >= 0.3 is 0 Å². The molecule has 1 N–H and O–H groups in total. The summed E-state index contributed by atoms with van der Waals surface area (Å²) >= 11 is 0. The van der Waals surface area contributed by atoms with Crippen molar-refractivity contribution in [3.8, 4) is 0 Å².